The van der Waals surface area contributed by atoms with E-state index in [1.165, 1.54) is 5.56 Å². The van der Waals surface area contributed by atoms with E-state index in [0.29, 0.717) is 12.1 Å². The van der Waals surface area contributed by atoms with Crippen molar-refractivity contribution in [1.29, 1.82) is 0 Å². The van der Waals surface area contributed by atoms with Crippen molar-refractivity contribution in [2.75, 3.05) is 0 Å². The van der Waals surface area contributed by atoms with Crippen molar-refractivity contribution in [3.8, 4) is 0 Å². The standard InChI is InChI=1S/C16H14BrNO2/c17-13-6-12-9-18(8-11-4-2-1-3-5-11)10-15(12)14(7-13)16(19)20/h1-7H,8-10H2,(H,19,20). The molecule has 1 N–H and O–H groups in total. The lowest BCUT2D eigenvalue weighted by molar-refractivity contribution is 0.0695. The van der Waals surface area contributed by atoms with Gasteiger partial charge in [-0.1, -0.05) is 46.3 Å². The van der Waals surface area contributed by atoms with Crippen LogP contribution in [0.25, 0.3) is 0 Å². The third-order valence-corrected chi connectivity index (χ3v) is 4.02. The van der Waals surface area contributed by atoms with Gasteiger partial charge in [0.25, 0.3) is 0 Å². The zero-order valence-corrected chi connectivity index (χ0v) is 12.4. The van der Waals surface area contributed by atoms with Gasteiger partial charge in [-0.2, -0.15) is 0 Å². The molecule has 102 valence electrons. The van der Waals surface area contributed by atoms with Crippen LogP contribution in [0.15, 0.2) is 46.9 Å². The summed E-state index contributed by atoms with van der Waals surface area (Å²) in [4.78, 5) is 13.6. The van der Waals surface area contributed by atoms with Crippen molar-refractivity contribution in [2.45, 2.75) is 19.6 Å². The molecule has 4 heteroatoms. The topological polar surface area (TPSA) is 40.5 Å². The fraction of sp³-hybridized carbons (Fsp3) is 0.188. The van der Waals surface area contributed by atoms with Gasteiger partial charge in [0.05, 0.1) is 5.56 Å². The molecule has 0 atom stereocenters. The van der Waals surface area contributed by atoms with Gasteiger partial charge in [0.2, 0.25) is 0 Å². The Morgan fingerprint density at radius 2 is 1.95 bits per heavy atom. The van der Waals surface area contributed by atoms with Crippen molar-refractivity contribution in [2.24, 2.45) is 0 Å². The lowest BCUT2D eigenvalue weighted by atomic mass is 10.0. The second-order valence-electron chi connectivity index (χ2n) is 5.03. The van der Waals surface area contributed by atoms with E-state index in [1.807, 2.05) is 24.3 Å². The van der Waals surface area contributed by atoms with E-state index in [9.17, 15) is 9.90 Å². The number of halogens is 1. The Hall–Kier alpha value is -1.65. The largest absolute Gasteiger partial charge is 0.478 e. The summed E-state index contributed by atoms with van der Waals surface area (Å²) in [5.41, 5.74) is 3.70. The summed E-state index contributed by atoms with van der Waals surface area (Å²) in [5, 5.41) is 9.31. The number of hydrogen-bond acceptors (Lipinski definition) is 2. The zero-order chi connectivity index (χ0) is 14.1. The molecule has 0 amide bonds. The third-order valence-electron chi connectivity index (χ3n) is 3.56. The fourth-order valence-corrected chi connectivity index (χ4v) is 3.19. The van der Waals surface area contributed by atoms with E-state index in [4.69, 9.17) is 0 Å². The lowest BCUT2D eigenvalue weighted by Gasteiger charge is -2.14. The van der Waals surface area contributed by atoms with Gasteiger partial charge in [-0.05, 0) is 28.8 Å². The van der Waals surface area contributed by atoms with Crippen molar-refractivity contribution in [1.82, 2.24) is 4.90 Å². The first-order chi connectivity index (χ1) is 9.63. The average Bonchev–Trinajstić information content (AvgIpc) is 2.80. The Morgan fingerprint density at radius 3 is 2.65 bits per heavy atom. The Balaban J connectivity index is 1.85. The maximum absolute atomic E-state index is 11.3. The van der Waals surface area contributed by atoms with Crippen LogP contribution in [-0.4, -0.2) is 16.0 Å². The Kier molecular flexibility index (Phi) is 3.59. The first kappa shape index (κ1) is 13.3. The molecule has 0 bridgehead atoms. The molecule has 0 fully saturated rings. The molecule has 2 aromatic carbocycles. The van der Waals surface area contributed by atoms with Crippen LogP contribution < -0.4 is 0 Å². The summed E-state index contributed by atoms with van der Waals surface area (Å²) >= 11 is 3.39. The van der Waals surface area contributed by atoms with Gasteiger partial charge >= 0.3 is 5.97 Å². The highest BCUT2D eigenvalue weighted by Gasteiger charge is 2.24. The van der Waals surface area contributed by atoms with Crippen LogP contribution in [-0.2, 0) is 19.6 Å². The molecule has 1 aliphatic rings. The van der Waals surface area contributed by atoms with Crippen molar-refractivity contribution in [3.63, 3.8) is 0 Å². The summed E-state index contributed by atoms with van der Waals surface area (Å²) in [7, 11) is 0. The van der Waals surface area contributed by atoms with Gasteiger partial charge in [0.15, 0.2) is 0 Å². The minimum Gasteiger partial charge on any atom is -0.478 e. The van der Waals surface area contributed by atoms with E-state index in [2.05, 4.69) is 33.0 Å². The van der Waals surface area contributed by atoms with Gasteiger partial charge in [-0.15, -0.1) is 0 Å². The molecule has 0 aromatic heterocycles. The number of carboxylic acids is 1. The van der Waals surface area contributed by atoms with Gasteiger partial charge in [-0.25, -0.2) is 4.79 Å². The molecule has 0 spiro atoms. The van der Waals surface area contributed by atoms with E-state index >= 15 is 0 Å². The third kappa shape index (κ3) is 2.62. The van der Waals surface area contributed by atoms with Crippen LogP contribution in [0.5, 0.6) is 0 Å². The highest BCUT2D eigenvalue weighted by Crippen LogP contribution is 2.30. The van der Waals surface area contributed by atoms with Crippen LogP contribution in [0.3, 0.4) is 0 Å². The van der Waals surface area contributed by atoms with Gasteiger partial charge in [-0.3, -0.25) is 4.90 Å². The fourth-order valence-electron chi connectivity index (χ4n) is 2.69. The number of hydrogen-bond donors (Lipinski definition) is 1. The predicted octanol–water partition coefficient (Wildman–Crippen LogP) is 3.66. The van der Waals surface area contributed by atoms with Crippen LogP contribution in [0.1, 0.15) is 27.0 Å². The Labute approximate surface area is 126 Å². The molecule has 0 radical (unpaired) electrons. The van der Waals surface area contributed by atoms with Gasteiger partial charge in [0.1, 0.15) is 0 Å². The van der Waals surface area contributed by atoms with E-state index in [1.54, 1.807) is 6.07 Å². The molecule has 3 rings (SSSR count). The Morgan fingerprint density at radius 1 is 1.20 bits per heavy atom. The predicted molar refractivity (Wildman–Crippen MR) is 80.5 cm³/mol. The number of carboxylic acid groups (broad SMARTS) is 1. The first-order valence-corrected chi connectivity index (χ1v) is 7.23. The summed E-state index contributed by atoms with van der Waals surface area (Å²) < 4.78 is 0.829. The van der Waals surface area contributed by atoms with Gasteiger partial charge in [0, 0.05) is 24.1 Å². The second kappa shape index (κ2) is 5.38. The molecule has 20 heavy (non-hydrogen) atoms. The number of benzene rings is 2. The van der Waals surface area contributed by atoms with Crippen LogP contribution in [0.4, 0.5) is 0 Å². The SMILES string of the molecule is O=C(O)c1cc(Br)cc2c1CN(Cc1ccccc1)C2. The number of rotatable bonds is 3. The van der Waals surface area contributed by atoms with Crippen molar-refractivity contribution >= 4 is 21.9 Å². The van der Waals surface area contributed by atoms with Crippen LogP contribution in [0, 0.1) is 0 Å². The molecule has 0 saturated heterocycles. The highest BCUT2D eigenvalue weighted by atomic mass is 79.9. The maximum Gasteiger partial charge on any atom is 0.336 e. The van der Waals surface area contributed by atoms with Crippen LogP contribution >= 0.6 is 15.9 Å². The average molecular weight is 332 g/mol. The molecular weight excluding hydrogens is 318 g/mol. The molecule has 0 unspecified atom stereocenters. The maximum atomic E-state index is 11.3. The molecule has 3 nitrogen and oxygen atoms in total. The number of fused-ring (bicyclic) bond motifs is 1. The molecule has 1 aliphatic heterocycles. The molecule has 0 saturated carbocycles. The zero-order valence-electron chi connectivity index (χ0n) is 10.8. The second-order valence-corrected chi connectivity index (χ2v) is 5.94. The minimum atomic E-state index is -0.857. The summed E-state index contributed by atoms with van der Waals surface area (Å²) in [5.74, 6) is -0.857. The molecular formula is C16H14BrNO2. The first-order valence-electron chi connectivity index (χ1n) is 6.44. The van der Waals surface area contributed by atoms with Crippen molar-refractivity contribution < 1.29 is 9.90 Å². The van der Waals surface area contributed by atoms with Crippen LogP contribution in [0.2, 0.25) is 0 Å². The molecule has 2 aromatic rings. The Bertz CT molecular complexity index is 655. The molecule has 0 aliphatic carbocycles. The summed E-state index contributed by atoms with van der Waals surface area (Å²) in [6, 6.07) is 13.9. The monoisotopic (exact) mass is 331 g/mol. The summed E-state index contributed by atoms with van der Waals surface area (Å²) in [6.07, 6.45) is 0. The van der Waals surface area contributed by atoms with E-state index in [0.717, 1.165) is 28.7 Å². The van der Waals surface area contributed by atoms with Crippen molar-refractivity contribution in [3.05, 3.63) is 69.2 Å². The normalized spacial score (nSPS) is 14.2. The lowest BCUT2D eigenvalue weighted by Crippen LogP contribution is -2.15. The van der Waals surface area contributed by atoms with Gasteiger partial charge < -0.3 is 5.11 Å². The number of carbonyl (C=O) groups is 1. The highest BCUT2D eigenvalue weighted by molar-refractivity contribution is 9.10. The van der Waals surface area contributed by atoms with E-state index in [-0.39, 0.29) is 0 Å². The number of aromatic carboxylic acids is 1. The molecule has 1 heterocycles. The smallest absolute Gasteiger partial charge is 0.336 e. The quantitative estimate of drug-likeness (QED) is 0.932. The minimum absolute atomic E-state index is 0.407. The van der Waals surface area contributed by atoms with E-state index < -0.39 is 5.97 Å². The number of nitrogens with zero attached hydrogens (tertiary/aromatic N) is 1. The summed E-state index contributed by atoms with van der Waals surface area (Å²) in [6.45, 7) is 2.33.